The Kier molecular flexibility index (Phi) is 4.36. The fourth-order valence-electron chi connectivity index (χ4n) is 2.43. The van der Waals surface area contributed by atoms with Gasteiger partial charge in [-0.05, 0) is 26.2 Å². The number of carbonyl (C=O) groups is 1. The van der Waals surface area contributed by atoms with Gasteiger partial charge in [-0.3, -0.25) is 4.79 Å². The van der Waals surface area contributed by atoms with Gasteiger partial charge in [0, 0.05) is 19.2 Å². The van der Waals surface area contributed by atoms with Gasteiger partial charge in [0.15, 0.2) is 23.3 Å². The van der Waals surface area contributed by atoms with Gasteiger partial charge >= 0.3 is 0 Å². The van der Waals surface area contributed by atoms with Crippen LogP contribution in [0.25, 0.3) is 0 Å². The van der Waals surface area contributed by atoms with Crippen molar-refractivity contribution >= 4 is 17.5 Å². The van der Waals surface area contributed by atoms with E-state index >= 15 is 0 Å². The predicted octanol–water partition coefficient (Wildman–Crippen LogP) is 1.64. The molecule has 0 bridgehead atoms. The fourth-order valence-corrected chi connectivity index (χ4v) is 2.43. The molecule has 2 heterocycles. The van der Waals surface area contributed by atoms with Crippen molar-refractivity contribution in [3.05, 3.63) is 17.7 Å². The number of nitrogens with two attached hydrogens (primary N) is 1. The van der Waals surface area contributed by atoms with Crippen molar-refractivity contribution in [1.82, 2.24) is 4.98 Å². The summed E-state index contributed by atoms with van der Waals surface area (Å²) in [5.74, 6) is -2.08. The molecule has 3 N–H and O–H groups in total. The van der Waals surface area contributed by atoms with Crippen LogP contribution in [0.1, 0.15) is 26.2 Å². The summed E-state index contributed by atoms with van der Waals surface area (Å²) in [4.78, 5) is 17.0. The molecule has 5 nitrogen and oxygen atoms in total. The van der Waals surface area contributed by atoms with Crippen molar-refractivity contribution in [3.8, 4) is 0 Å². The van der Waals surface area contributed by atoms with Crippen molar-refractivity contribution < 1.29 is 13.6 Å². The molecule has 1 unspecified atom stereocenters. The van der Waals surface area contributed by atoms with Gasteiger partial charge in [-0.15, -0.1) is 0 Å². The van der Waals surface area contributed by atoms with Crippen LogP contribution in [0.15, 0.2) is 6.07 Å². The van der Waals surface area contributed by atoms with E-state index in [1.54, 1.807) is 6.92 Å². The molecule has 110 valence electrons. The van der Waals surface area contributed by atoms with E-state index in [9.17, 15) is 13.6 Å². The van der Waals surface area contributed by atoms with Crippen LogP contribution >= 0.6 is 0 Å². The van der Waals surface area contributed by atoms with E-state index in [1.807, 2.05) is 0 Å². The Morgan fingerprint density at radius 2 is 2.25 bits per heavy atom. The molecule has 20 heavy (non-hydrogen) atoms. The molecule has 0 radical (unpaired) electrons. The highest BCUT2D eigenvalue weighted by Gasteiger charge is 2.30. The smallest absolute Gasteiger partial charge is 0.240 e. The number of anilines is 2. The SMILES string of the molecule is CCNc1nc(N2CCCCC2C(N)=O)c(F)cc1F. The molecule has 7 heteroatoms. The maximum Gasteiger partial charge on any atom is 0.240 e. The molecule has 1 atom stereocenters. The molecule has 2 rings (SSSR count). The highest BCUT2D eigenvalue weighted by atomic mass is 19.1. The Morgan fingerprint density at radius 3 is 2.90 bits per heavy atom. The van der Waals surface area contributed by atoms with Crippen molar-refractivity contribution in [1.29, 1.82) is 0 Å². The van der Waals surface area contributed by atoms with Crippen molar-refractivity contribution in [2.75, 3.05) is 23.3 Å². The summed E-state index contributed by atoms with van der Waals surface area (Å²) >= 11 is 0. The summed E-state index contributed by atoms with van der Waals surface area (Å²) in [5, 5.41) is 2.73. The summed E-state index contributed by atoms with van der Waals surface area (Å²) in [7, 11) is 0. The number of nitrogens with zero attached hydrogens (tertiary/aromatic N) is 2. The maximum atomic E-state index is 14.0. The minimum absolute atomic E-state index is 0.0160. The van der Waals surface area contributed by atoms with Crippen molar-refractivity contribution in [3.63, 3.8) is 0 Å². The average Bonchev–Trinajstić information content (AvgIpc) is 2.42. The molecule has 1 aliphatic rings. The number of rotatable bonds is 4. The van der Waals surface area contributed by atoms with E-state index in [1.165, 1.54) is 4.90 Å². The number of amides is 1. The molecular weight excluding hydrogens is 266 g/mol. The molecule has 1 aromatic rings. The molecule has 0 spiro atoms. The Bertz CT molecular complexity index is 509. The number of carbonyl (C=O) groups excluding carboxylic acids is 1. The Balaban J connectivity index is 2.39. The van der Waals surface area contributed by atoms with Gasteiger partial charge in [-0.25, -0.2) is 13.8 Å². The third-order valence-corrected chi connectivity index (χ3v) is 3.36. The van der Waals surface area contributed by atoms with Crippen LogP contribution in [0.4, 0.5) is 20.4 Å². The lowest BCUT2D eigenvalue weighted by Crippen LogP contribution is -2.48. The molecule has 0 aliphatic carbocycles. The van der Waals surface area contributed by atoms with Gasteiger partial charge in [0.25, 0.3) is 0 Å². The molecule has 1 saturated heterocycles. The van der Waals surface area contributed by atoms with Crippen molar-refractivity contribution in [2.45, 2.75) is 32.2 Å². The Labute approximate surface area is 116 Å². The first-order chi connectivity index (χ1) is 9.54. The lowest BCUT2D eigenvalue weighted by atomic mass is 10.0. The number of pyridine rings is 1. The molecule has 1 aliphatic heterocycles. The number of halogens is 2. The topological polar surface area (TPSA) is 71.2 Å². The quantitative estimate of drug-likeness (QED) is 0.881. The first-order valence-electron chi connectivity index (χ1n) is 6.70. The molecule has 1 amide bonds. The Hall–Kier alpha value is -1.92. The lowest BCUT2D eigenvalue weighted by Gasteiger charge is -2.34. The minimum Gasteiger partial charge on any atom is -0.368 e. The number of hydrogen-bond donors (Lipinski definition) is 2. The van der Waals surface area contributed by atoms with Gasteiger partial charge < -0.3 is 16.0 Å². The first kappa shape index (κ1) is 14.5. The second-order valence-electron chi connectivity index (χ2n) is 4.76. The zero-order valence-corrected chi connectivity index (χ0v) is 11.3. The van der Waals surface area contributed by atoms with Crippen molar-refractivity contribution in [2.24, 2.45) is 5.73 Å². The van der Waals surface area contributed by atoms with Crippen LogP contribution in [0.3, 0.4) is 0 Å². The standard InChI is InChI=1S/C13H18F2N4O/c1-2-17-12-8(14)7-9(15)13(18-12)19-6-4-3-5-10(19)11(16)20/h7,10H,2-6H2,1H3,(H2,16,20)(H,17,18). The van der Waals surface area contributed by atoms with Gasteiger partial charge in [0.05, 0.1) is 0 Å². The highest BCUT2D eigenvalue weighted by Crippen LogP contribution is 2.28. The second kappa shape index (κ2) is 6.02. The van der Waals surface area contributed by atoms with Crippen LogP contribution < -0.4 is 16.0 Å². The van der Waals surface area contributed by atoms with E-state index in [2.05, 4.69) is 10.3 Å². The minimum atomic E-state index is -0.780. The van der Waals surface area contributed by atoms with Gasteiger partial charge in [0.2, 0.25) is 5.91 Å². The second-order valence-corrected chi connectivity index (χ2v) is 4.76. The molecular formula is C13H18F2N4O. The third-order valence-electron chi connectivity index (χ3n) is 3.36. The summed E-state index contributed by atoms with van der Waals surface area (Å²) in [6, 6.07) is 0.193. The van der Waals surface area contributed by atoms with E-state index in [4.69, 9.17) is 5.73 Å². The highest BCUT2D eigenvalue weighted by molar-refractivity contribution is 5.83. The Morgan fingerprint density at radius 1 is 1.50 bits per heavy atom. The number of piperidine rings is 1. The van der Waals surface area contributed by atoms with Gasteiger partial charge in [0.1, 0.15) is 6.04 Å². The van der Waals surface area contributed by atoms with Crippen LogP contribution in [-0.2, 0) is 4.79 Å². The van der Waals surface area contributed by atoms with E-state index < -0.39 is 23.6 Å². The van der Waals surface area contributed by atoms with E-state index in [-0.39, 0.29) is 11.6 Å². The first-order valence-corrected chi connectivity index (χ1v) is 6.70. The molecule has 1 fully saturated rings. The van der Waals surface area contributed by atoms with Crippen LogP contribution in [0.2, 0.25) is 0 Å². The van der Waals surface area contributed by atoms with E-state index in [0.29, 0.717) is 19.5 Å². The average molecular weight is 284 g/mol. The van der Waals surface area contributed by atoms with Gasteiger partial charge in [-0.1, -0.05) is 0 Å². The summed E-state index contributed by atoms with van der Waals surface area (Å²) in [5.41, 5.74) is 5.35. The third kappa shape index (κ3) is 2.81. The summed E-state index contributed by atoms with van der Waals surface area (Å²) in [6.45, 7) is 2.74. The number of nitrogens with one attached hydrogen (secondary N) is 1. The van der Waals surface area contributed by atoms with Crippen LogP contribution in [0, 0.1) is 11.6 Å². The summed E-state index contributed by atoms with van der Waals surface area (Å²) in [6.07, 6.45) is 2.23. The van der Waals surface area contributed by atoms with Crippen LogP contribution in [-0.4, -0.2) is 30.0 Å². The van der Waals surface area contributed by atoms with Gasteiger partial charge in [-0.2, -0.15) is 0 Å². The monoisotopic (exact) mass is 284 g/mol. The molecule has 0 aromatic carbocycles. The fraction of sp³-hybridized carbons (Fsp3) is 0.538. The summed E-state index contributed by atoms with van der Waals surface area (Å²) < 4.78 is 27.5. The van der Waals surface area contributed by atoms with Crippen LogP contribution in [0.5, 0.6) is 0 Å². The molecule has 0 saturated carbocycles. The maximum absolute atomic E-state index is 14.0. The predicted molar refractivity (Wildman–Crippen MR) is 72.5 cm³/mol. The zero-order valence-electron chi connectivity index (χ0n) is 11.3. The number of hydrogen-bond acceptors (Lipinski definition) is 4. The normalized spacial score (nSPS) is 18.9. The zero-order chi connectivity index (χ0) is 14.7. The number of aromatic nitrogens is 1. The van der Waals surface area contributed by atoms with E-state index in [0.717, 1.165) is 18.9 Å². The molecule has 1 aromatic heterocycles. The largest absolute Gasteiger partial charge is 0.368 e. The lowest BCUT2D eigenvalue weighted by molar-refractivity contribution is -0.119. The number of primary amides is 1.